The van der Waals surface area contributed by atoms with Crippen LogP contribution in [-0.4, -0.2) is 57.0 Å². The molecule has 0 rings (SSSR count). The smallest absolute Gasteiger partial charge is 0.227 e. The molecule has 0 radical (unpaired) electrons. The van der Waals surface area contributed by atoms with Gasteiger partial charge in [0.25, 0.3) is 0 Å². The summed E-state index contributed by atoms with van der Waals surface area (Å²) < 4.78 is 4.92. The van der Waals surface area contributed by atoms with Gasteiger partial charge in [0.15, 0.2) is 0 Å². The predicted molar refractivity (Wildman–Crippen MR) is 57.7 cm³/mol. The van der Waals surface area contributed by atoms with Gasteiger partial charge in [-0.15, -0.1) is 0 Å². The Morgan fingerprint density at radius 3 is 2.53 bits per heavy atom. The maximum atomic E-state index is 11.1. The van der Waals surface area contributed by atoms with Crippen molar-refractivity contribution in [1.82, 2.24) is 10.2 Å². The largest absolute Gasteiger partial charge is 0.383 e. The van der Waals surface area contributed by atoms with Crippen LogP contribution in [-0.2, 0) is 14.3 Å². The van der Waals surface area contributed by atoms with Crippen LogP contribution in [0.3, 0.4) is 0 Å². The molecule has 15 heavy (non-hydrogen) atoms. The molecular weight excluding hydrogens is 196 g/mol. The molecule has 1 N–H and O–H groups in total. The molecule has 0 aliphatic carbocycles. The second-order valence-corrected chi connectivity index (χ2v) is 3.52. The zero-order valence-electron chi connectivity index (χ0n) is 9.71. The third-order valence-corrected chi connectivity index (χ3v) is 1.90. The molecule has 0 saturated heterocycles. The van der Waals surface area contributed by atoms with E-state index in [2.05, 4.69) is 10.2 Å². The fraction of sp³-hybridized carbons (Fsp3) is 0.800. The second-order valence-electron chi connectivity index (χ2n) is 3.52. The number of nitrogens with one attached hydrogen (secondary N) is 1. The third kappa shape index (κ3) is 9.37. The zero-order chi connectivity index (χ0) is 11.7. The number of Topliss-reactive ketones (excluding diaryl/α,β-unsaturated/α-hetero) is 1. The van der Waals surface area contributed by atoms with E-state index in [4.69, 9.17) is 4.74 Å². The summed E-state index contributed by atoms with van der Waals surface area (Å²) in [6.45, 7) is 4.24. The molecule has 0 fully saturated rings. The number of amides is 1. The topological polar surface area (TPSA) is 58.6 Å². The van der Waals surface area contributed by atoms with Crippen molar-refractivity contribution in [1.29, 1.82) is 0 Å². The van der Waals surface area contributed by atoms with Gasteiger partial charge in [0.05, 0.1) is 13.0 Å². The van der Waals surface area contributed by atoms with Crippen LogP contribution in [0.5, 0.6) is 0 Å². The maximum absolute atomic E-state index is 11.1. The van der Waals surface area contributed by atoms with Crippen LogP contribution in [0, 0.1) is 0 Å². The van der Waals surface area contributed by atoms with Crippen LogP contribution in [0.1, 0.15) is 13.3 Å². The highest BCUT2D eigenvalue weighted by molar-refractivity contribution is 5.96. The molecule has 0 aromatic carbocycles. The molecule has 0 heterocycles. The van der Waals surface area contributed by atoms with Crippen molar-refractivity contribution in [3.63, 3.8) is 0 Å². The Balaban J connectivity index is 3.43. The first-order chi connectivity index (χ1) is 7.06. The lowest BCUT2D eigenvalue weighted by atomic mass is 10.3. The summed E-state index contributed by atoms with van der Waals surface area (Å²) in [7, 11) is 3.61. The number of nitrogens with zero attached hydrogens (tertiary/aromatic N) is 1. The minimum absolute atomic E-state index is 0.0260. The lowest BCUT2D eigenvalue weighted by molar-refractivity contribution is -0.127. The maximum Gasteiger partial charge on any atom is 0.227 e. The molecule has 0 aliphatic heterocycles. The van der Waals surface area contributed by atoms with E-state index in [-0.39, 0.29) is 18.1 Å². The molecule has 1 amide bonds. The number of likely N-dealkylation sites (N-methyl/N-ethyl adjacent to an activating group) is 1. The Kier molecular flexibility index (Phi) is 7.85. The molecule has 0 aromatic rings. The van der Waals surface area contributed by atoms with Crippen LogP contribution in [0.2, 0.25) is 0 Å². The second kappa shape index (κ2) is 8.38. The first-order valence-corrected chi connectivity index (χ1v) is 5.00. The van der Waals surface area contributed by atoms with E-state index in [1.807, 2.05) is 7.05 Å². The van der Waals surface area contributed by atoms with Crippen LogP contribution >= 0.6 is 0 Å². The number of carbonyl (C=O) groups excluding carboxylic acids is 2. The SMILES string of the molecule is COCCN(C)CCNC(=O)CC(C)=O. The number of hydrogen-bond donors (Lipinski definition) is 1. The van der Waals surface area contributed by atoms with Crippen LogP contribution in [0.15, 0.2) is 0 Å². The lowest BCUT2D eigenvalue weighted by Crippen LogP contribution is -2.34. The van der Waals surface area contributed by atoms with Gasteiger partial charge in [-0.25, -0.2) is 0 Å². The summed E-state index contributed by atoms with van der Waals surface area (Å²) in [5, 5.41) is 2.68. The van der Waals surface area contributed by atoms with Gasteiger partial charge in [-0.1, -0.05) is 0 Å². The Hall–Kier alpha value is -0.940. The van der Waals surface area contributed by atoms with Crippen molar-refractivity contribution < 1.29 is 14.3 Å². The number of ether oxygens (including phenoxy) is 1. The van der Waals surface area contributed by atoms with Gasteiger partial charge in [0, 0.05) is 26.7 Å². The summed E-state index contributed by atoms with van der Waals surface area (Å²) in [6, 6.07) is 0. The standard InChI is InChI=1S/C10H20N2O3/c1-9(13)8-10(14)11-4-5-12(2)6-7-15-3/h4-8H2,1-3H3,(H,11,14). The first kappa shape index (κ1) is 14.1. The highest BCUT2D eigenvalue weighted by Crippen LogP contribution is 1.83. The van der Waals surface area contributed by atoms with E-state index in [0.717, 1.165) is 13.1 Å². The predicted octanol–water partition coefficient (Wildman–Crippen LogP) is -0.340. The fourth-order valence-corrected chi connectivity index (χ4v) is 1.03. The average molecular weight is 216 g/mol. The minimum atomic E-state index is -0.206. The van der Waals surface area contributed by atoms with Gasteiger partial charge in [-0.2, -0.15) is 0 Å². The molecular formula is C10H20N2O3. The number of rotatable bonds is 8. The normalized spacial score (nSPS) is 10.4. The Labute approximate surface area is 90.8 Å². The summed E-state index contributed by atoms with van der Waals surface area (Å²) in [6.07, 6.45) is -0.0260. The van der Waals surface area contributed by atoms with E-state index in [9.17, 15) is 9.59 Å². The number of methoxy groups -OCH3 is 1. The monoisotopic (exact) mass is 216 g/mol. The van der Waals surface area contributed by atoms with Crippen molar-refractivity contribution in [3.05, 3.63) is 0 Å². The van der Waals surface area contributed by atoms with Crippen LogP contribution in [0.25, 0.3) is 0 Å². The van der Waals surface area contributed by atoms with E-state index in [0.29, 0.717) is 13.2 Å². The number of hydrogen-bond acceptors (Lipinski definition) is 4. The quantitative estimate of drug-likeness (QED) is 0.564. The summed E-state index contributed by atoms with van der Waals surface area (Å²) in [4.78, 5) is 23.7. The minimum Gasteiger partial charge on any atom is -0.383 e. The molecule has 0 saturated carbocycles. The number of carbonyl (C=O) groups is 2. The van der Waals surface area contributed by atoms with Crippen LogP contribution < -0.4 is 5.32 Å². The van der Waals surface area contributed by atoms with Gasteiger partial charge in [0.2, 0.25) is 5.91 Å². The zero-order valence-corrected chi connectivity index (χ0v) is 9.71. The molecule has 0 unspecified atom stereocenters. The highest BCUT2D eigenvalue weighted by atomic mass is 16.5. The van der Waals surface area contributed by atoms with Crippen molar-refractivity contribution in [3.8, 4) is 0 Å². The fourth-order valence-electron chi connectivity index (χ4n) is 1.03. The van der Waals surface area contributed by atoms with Gasteiger partial charge in [0.1, 0.15) is 5.78 Å². The third-order valence-electron chi connectivity index (χ3n) is 1.90. The summed E-state index contributed by atoms with van der Waals surface area (Å²) in [5.41, 5.74) is 0. The van der Waals surface area contributed by atoms with Gasteiger partial charge in [-0.05, 0) is 14.0 Å². The Morgan fingerprint density at radius 1 is 1.33 bits per heavy atom. The molecule has 0 spiro atoms. The van der Waals surface area contributed by atoms with E-state index in [1.54, 1.807) is 7.11 Å². The summed E-state index contributed by atoms with van der Waals surface area (Å²) in [5.74, 6) is -0.317. The molecule has 88 valence electrons. The van der Waals surface area contributed by atoms with Crippen molar-refractivity contribution in [2.45, 2.75) is 13.3 Å². The Morgan fingerprint density at radius 2 is 2.00 bits per heavy atom. The van der Waals surface area contributed by atoms with Crippen molar-refractivity contribution in [2.75, 3.05) is 40.4 Å². The van der Waals surface area contributed by atoms with Crippen LogP contribution in [0.4, 0.5) is 0 Å². The Bertz CT molecular complexity index is 207. The van der Waals surface area contributed by atoms with E-state index in [1.165, 1.54) is 6.92 Å². The lowest BCUT2D eigenvalue weighted by Gasteiger charge is -2.15. The highest BCUT2D eigenvalue weighted by Gasteiger charge is 2.04. The van der Waals surface area contributed by atoms with Gasteiger partial charge < -0.3 is 15.0 Å². The molecule has 0 aromatic heterocycles. The molecule has 0 aliphatic rings. The van der Waals surface area contributed by atoms with E-state index < -0.39 is 0 Å². The van der Waals surface area contributed by atoms with Crippen molar-refractivity contribution in [2.24, 2.45) is 0 Å². The molecule has 5 nitrogen and oxygen atoms in total. The van der Waals surface area contributed by atoms with Crippen molar-refractivity contribution >= 4 is 11.7 Å². The first-order valence-electron chi connectivity index (χ1n) is 5.00. The molecule has 0 atom stereocenters. The summed E-state index contributed by atoms with van der Waals surface area (Å²) >= 11 is 0. The number of ketones is 1. The van der Waals surface area contributed by atoms with Gasteiger partial charge in [-0.3, -0.25) is 9.59 Å². The van der Waals surface area contributed by atoms with E-state index >= 15 is 0 Å². The molecule has 0 bridgehead atoms. The van der Waals surface area contributed by atoms with Gasteiger partial charge >= 0.3 is 0 Å². The molecule has 5 heteroatoms. The average Bonchev–Trinajstić information content (AvgIpc) is 2.13.